The molecule has 2 aliphatic heterocycles. The fraction of sp³-hybridized carbons (Fsp3) is 0.929. The third-order valence-electron chi connectivity index (χ3n) is 4.21. The van der Waals surface area contributed by atoms with Crippen molar-refractivity contribution in [3.63, 3.8) is 0 Å². The molecule has 0 radical (unpaired) electrons. The molecule has 2 aliphatic rings. The van der Waals surface area contributed by atoms with Crippen molar-refractivity contribution in [1.82, 2.24) is 15.1 Å². The zero-order valence-electron chi connectivity index (χ0n) is 12.2. The van der Waals surface area contributed by atoms with Crippen LogP contribution in [0.3, 0.4) is 0 Å². The highest BCUT2D eigenvalue weighted by Gasteiger charge is 2.25. The number of hydrogen-bond donors (Lipinski definition) is 1. The van der Waals surface area contributed by atoms with Crippen LogP contribution in [0.15, 0.2) is 0 Å². The average Bonchev–Trinajstić information content (AvgIpc) is 2.46. The van der Waals surface area contributed by atoms with E-state index in [1.807, 2.05) is 4.90 Å². The van der Waals surface area contributed by atoms with Gasteiger partial charge in [-0.3, -0.25) is 4.79 Å². The first-order valence-corrected chi connectivity index (χ1v) is 7.43. The summed E-state index contributed by atoms with van der Waals surface area (Å²) in [6.07, 6.45) is 4.59. The van der Waals surface area contributed by atoms with E-state index in [4.69, 9.17) is 4.74 Å². The molecule has 0 bridgehead atoms. The number of likely N-dealkylation sites (N-methyl/N-ethyl adjacent to an activating group) is 1. The summed E-state index contributed by atoms with van der Waals surface area (Å²) in [5.74, 6) is 0.157. The summed E-state index contributed by atoms with van der Waals surface area (Å²) >= 11 is 0. The minimum absolute atomic E-state index is 0.157. The average molecular weight is 269 g/mol. The monoisotopic (exact) mass is 269 g/mol. The van der Waals surface area contributed by atoms with Gasteiger partial charge in [0.05, 0.1) is 6.10 Å². The third kappa shape index (κ3) is 4.44. The Hall–Kier alpha value is -0.650. The molecule has 2 fully saturated rings. The van der Waals surface area contributed by atoms with E-state index < -0.39 is 0 Å². The molecular weight excluding hydrogens is 242 g/mol. The quantitative estimate of drug-likeness (QED) is 0.798. The third-order valence-corrected chi connectivity index (χ3v) is 4.21. The second-order valence-corrected chi connectivity index (χ2v) is 5.86. The van der Waals surface area contributed by atoms with Gasteiger partial charge in [0, 0.05) is 19.1 Å². The SMILES string of the molecule is CN(C)C1CCCN(C(=O)COC2CCNCC2)C1. The lowest BCUT2D eigenvalue weighted by Crippen LogP contribution is -2.48. The molecule has 5 nitrogen and oxygen atoms in total. The molecule has 1 N–H and O–H groups in total. The van der Waals surface area contributed by atoms with Gasteiger partial charge in [0.2, 0.25) is 5.91 Å². The number of carbonyl (C=O) groups is 1. The number of piperidine rings is 2. The molecule has 2 saturated heterocycles. The van der Waals surface area contributed by atoms with Gasteiger partial charge in [-0.05, 0) is 52.9 Å². The number of hydrogen-bond acceptors (Lipinski definition) is 4. The van der Waals surface area contributed by atoms with Crippen molar-refractivity contribution in [2.45, 2.75) is 37.8 Å². The van der Waals surface area contributed by atoms with E-state index in [0.29, 0.717) is 6.04 Å². The predicted molar refractivity (Wildman–Crippen MR) is 75.1 cm³/mol. The molecule has 0 aliphatic carbocycles. The highest BCUT2D eigenvalue weighted by atomic mass is 16.5. The van der Waals surface area contributed by atoms with Crippen molar-refractivity contribution in [3.8, 4) is 0 Å². The second-order valence-electron chi connectivity index (χ2n) is 5.86. The van der Waals surface area contributed by atoms with Gasteiger partial charge in [0.15, 0.2) is 0 Å². The number of likely N-dealkylation sites (tertiary alicyclic amines) is 1. The Morgan fingerprint density at radius 1 is 1.32 bits per heavy atom. The first-order chi connectivity index (χ1) is 9.16. The van der Waals surface area contributed by atoms with Crippen molar-refractivity contribution in [3.05, 3.63) is 0 Å². The molecule has 2 heterocycles. The van der Waals surface area contributed by atoms with Gasteiger partial charge >= 0.3 is 0 Å². The number of nitrogens with zero attached hydrogens (tertiary/aromatic N) is 2. The van der Waals surface area contributed by atoms with E-state index >= 15 is 0 Å². The Morgan fingerprint density at radius 3 is 2.74 bits per heavy atom. The van der Waals surface area contributed by atoms with Gasteiger partial charge in [-0.15, -0.1) is 0 Å². The fourth-order valence-corrected chi connectivity index (χ4v) is 2.85. The molecule has 0 spiro atoms. The Kier molecular flexibility index (Phi) is 5.60. The number of carbonyl (C=O) groups excluding carboxylic acids is 1. The van der Waals surface area contributed by atoms with Crippen LogP contribution in [0.4, 0.5) is 0 Å². The lowest BCUT2D eigenvalue weighted by molar-refractivity contribution is -0.140. The Bertz CT molecular complexity index is 290. The van der Waals surface area contributed by atoms with Crippen molar-refractivity contribution in [1.29, 1.82) is 0 Å². The standard InChI is InChI=1S/C14H27N3O2/c1-16(2)12-4-3-9-17(10-12)14(18)11-19-13-5-7-15-8-6-13/h12-13,15H,3-11H2,1-2H3. The minimum atomic E-state index is 0.157. The van der Waals surface area contributed by atoms with Crippen LogP contribution < -0.4 is 5.32 Å². The summed E-state index contributed by atoms with van der Waals surface area (Å²) in [5.41, 5.74) is 0. The van der Waals surface area contributed by atoms with E-state index in [0.717, 1.165) is 45.4 Å². The van der Waals surface area contributed by atoms with Crippen LogP contribution in [0.5, 0.6) is 0 Å². The van der Waals surface area contributed by atoms with Crippen LogP contribution in [0.1, 0.15) is 25.7 Å². The van der Waals surface area contributed by atoms with Crippen LogP contribution in [0, 0.1) is 0 Å². The summed E-state index contributed by atoms with van der Waals surface area (Å²) in [7, 11) is 4.17. The van der Waals surface area contributed by atoms with Crippen LogP contribution in [-0.2, 0) is 9.53 Å². The van der Waals surface area contributed by atoms with Gasteiger partial charge in [-0.25, -0.2) is 0 Å². The second kappa shape index (κ2) is 7.22. The summed E-state index contributed by atoms with van der Waals surface area (Å²) in [6, 6.07) is 0.497. The highest BCUT2D eigenvalue weighted by Crippen LogP contribution is 2.14. The maximum Gasteiger partial charge on any atom is 0.248 e. The van der Waals surface area contributed by atoms with Gasteiger partial charge < -0.3 is 19.9 Å². The lowest BCUT2D eigenvalue weighted by atomic mass is 10.0. The molecule has 1 atom stereocenters. The zero-order chi connectivity index (χ0) is 13.7. The molecule has 1 unspecified atom stereocenters. The molecule has 2 rings (SSSR count). The molecule has 0 saturated carbocycles. The molecule has 0 aromatic rings. The van der Waals surface area contributed by atoms with E-state index in [2.05, 4.69) is 24.3 Å². The lowest BCUT2D eigenvalue weighted by Gasteiger charge is -2.36. The molecule has 1 amide bonds. The molecular formula is C14H27N3O2. The van der Waals surface area contributed by atoms with Crippen LogP contribution in [0.25, 0.3) is 0 Å². The maximum atomic E-state index is 12.2. The van der Waals surface area contributed by atoms with E-state index in [1.165, 1.54) is 6.42 Å². The minimum Gasteiger partial charge on any atom is -0.368 e. The van der Waals surface area contributed by atoms with Crippen molar-refractivity contribution in [2.24, 2.45) is 0 Å². The highest BCUT2D eigenvalue weighted by molar-refractivity contribution is 5.77. The fourth-order valence-electron chi connectivity index (χ4n) is 2.85. The Morgan fingerprint density at radius 2 is 2.05 bits per heavy atom. The van der Waals surface area contributed by atoms with E-state index in [-0.39, 0.29) is 18.6 Å². The van der Waals surface area contributed by atoms with E-state index in [9.17, 15) is 4.79 Å². The molecule has 19 heavy (non-hydrogen) atoms. The van der Waals surface area contributed by atoms with Crippen LogP contribution in [-0.4, -0.2) is 74.7 Å². The molecule has 110 valence electrons. The van der Waals surface area contributed by atoms with Gasteiger partial charge in [-0.1, -0.05) is 0 Å². The van der Waals surface area contributed by atoms with Gasteiger partial charge in [0.25, 0.3) is 0 Å². The summed E-state index contributed by atoms with van der Waals surface area (Å²) in [6.45, 7) is 4.00. The smallest absolute Gasteiger partial charge is 0.248 e. The summed E-state index contributed by atoms with van der Waals surface area (Å²) in [4.78, 5) is 16.4. The normalized spacial score (nSPS) is 25.8. The van der Waals surface area contributed by atoms with Crippen molar-refractivity contribution >= 4 is 5.91 Å². The Labute approximate surface area is 116 Å². The summed E-state index contributed by atoms with van der Waals surface area (Å²) in [5, 5.41) is 3.30. The van der Waals surface area contributed by atoms with Gasteiger partial charge in [-0.2, -0.15) is 0 Å². The molecule has 0 aromatic heterocycles. The molecule has 5 heteroatoms. The van der Waals surface area contributed by atoms with Crippen molar-refractivity contribution < 1.29 is 9.53 Å². The van der Waals surface area contributed by atoms with Crippen LogP contribution >= 0.6 is 0 Å². The number of rotatable bonds is 4. The maximum absolute atomic E-state index is 12.2. The zero-order valence-corrected chi connectivity index (χ0v) is 12.2. The number of ether oxygens (including phenoxy) is 1. The first kappa shape index (κ1) is 14.8. The van der Waals surface area contributed by atoms with Crippen molar-refractivity contribution in [2.75, 3.05) is 46.9 Å². The predicted octanol–water partition coefficient (Wildman–Crippen LogP) is 0.308. The Balaban J connectivity index is 1.72. The summed E-state index contributed by atoms with van der Waals surface area (Å²) < 4.78 is 5.75. The van der Waals surface area contributed by atoms with Crippen LogP contribution in [0.2, 0.25) is 0 Å². The number of amides is 1. The number of nitrogens with one attached hydrogen (secondary N) is 1. The van der Waals surface area contributed by atoms with Gasteiger partial charge in [0.1, 0.15) is 6.61 Å². The van der Waals surface area contributed by atoms with E-state index in [1.54, 1.807) is 0 Å². The largest absolute Gasteiger partial charge is 0.368 e. The first-order valence-electron chi connectivity index (χ1n) is 7.43. The molecule has 0 aromatic carbocycles. The topological polar surface area (TPSA) is 44.8 Å².